The SMILES string of the molecule is Fc1cccc(COc2ccc(Nc3ncnc4cn[nH]c34)cc2Cl)c1. The van der Waals surface area contributed by atoms with Crippen molar-refractivity contribution in [3.63, 3.8) is 0 Å². The van der Waals surface area contributed by atoms with Gasteiger partial charge in [-0.2, -0.15) is 5.10 Å². The van der Waals surface area contributed by atoms with Gasteiger partial charge in [0.2, 0.25) is 0 Å². The van der Waals surface area contributed by atoms with Crippen LogP contribution in [0, 0.1) is 5.82 Å². The highest BCUT2D eigenvalue weighted by Gasteiger charge is 2.08. The van der Waals surface area contributed by atoms with Crippen LogP contribution in [0.15, 0.2) is 55.0 Å². The van der Waals surface area contributed by atoms with Gasteiger partial charge in [0, 0.05) is 5.69 Å². The van der Waals surface area contributed by atoms with Gasteiger partial charge in [0.15, 0.2) is 5.82 Å². The number of halogens is 2. The van der Waals surface area contributed by atoms with Crippen molar-refractivity contribution in [1.29, 1.82) is 0 Å². The van der Waals surface area contributed by atoms with Gasteiger partial charge in [-0.15, -0.1) is 0 Å². The zero-order chi connectivity index (χ0) is 17.9. The van der Waals surface area contributed by atoms with Gasteiger partial charge in [0.25, 0.3) is 0 Å². The molecule has 0 amide bonds. The number of nitrogens with zero attached hydrogens (tertiary/aromatic N) is 3. The molecule has 0 aliphatic carbocycles. The number of H-pyrrole nitrogens is 1. The maximum absolute atomic E-state index is 13.2. The Labute approximate surface area is 153 Å². The first-order chi connectivity index (χ1) is 12.7. The molecule has 0 saturated heterocycles. The number of benzene rings is 2. The minimum Gasteiger partial charge on any atom is -0.487 e. The van der Waals surface area contributed by atoms with E-state index in [0.717, 1.165) is 11.3 Å². The third-order valence-corrected chi connectivity index (χ3v) is 4.01. The minimum absolute atomic E-state index is 0.227. The van der Waals surface area contributed by atoms with Crippen LogP contribution >= 0.6 is 11.6 Å². The van der Waals surface area contributed by atoms with Gasteiger partial charge in [0.1, 0.15) is 35.5 Å². The summed E-state index contributed by atoms with van der Waals surface area (Å²) in [6.45, 7) is 0.227. The fourth-order valence-corrected chi connectivity index (χ4v) is 2.72. The topological polar surface area (TPSA) is 75.7 Å². The number of aromatic amines is 1. The van der Waals surface area contributed by atoms with E-state index in [9.17, 15) is 4.39 Å². The van der Waals surface area contributed by atoms with Crippen LogP contribution in [-0.2, 0) is 6.61 Å². The smallest absolute Gasteiger partial charge is 0.159 e. The van der Waals surface area contributed by atoms with Crippen molar-refractivity contribution in [2.75, 3.05) is 5.32 Å². The second-order valence-electron chi connectivity index (χ2n) is 5.54. The van der Waals surface area contributed by atoms with Gasteiger partial charge in [-0.1, -0.05) is 23.7 Å². The van der Waals surface area contributed by atoms with E-state index in [2.05, 4.69) is 25.5 Å². The second kappa shape index (κ2) is 6.97. The summed E-state index contributed by atoms with van der Waals surface area (Å²) in [5.41, 5.74) is 2.88. The molecule has 2 aromatic heterocycles. The lowest BCUT2D eigenvalue weighted by Gasteiger charge is -2.11. The Bertz CT molecular complexity index is 1070. The molecular weight excluding hydrogens is 357 g/mol. The van der Waals surface area contributed by atoms with Crippen LogP contribution in [0.4, 0.5) is 15.9 Å². The van der Waals surface area contributed by atoms with Crippen LogP contribution in [0.3, 0.4) is 0 Å². The predicted molar refractivity (Wildman–Crippen MR) is 97.2 cm³/mol. The zero-order valence-corrected chi connectivity index (χ0v) is 14.2. The average molecular weight is 370 g/mol. The summed E-state index contributed by atoms with van der Waals surface area (Å²) in [5, 5.41) is 10.4. The van der Waals surface area contributed by atoms with Crippen LogP contribution in [0.5, 0.6) is 5.75 Å². The third kappa shape index (κ3) is 3.43. The molecule has 0 saturated carbocycles. The van der Waals surface area contributed by atoms with Gasteiger partial charge < -0.3 is 10.1 Å². The molecule has 0 radical (unpaired) electrons. The van der Waals surface area contributed by atoms with E-state index in [1.807, 2.05) is 6.07 Å². The lowest BCUT2D eigenvalue weighted by atomic mass is 10.2. The molecular formula is C18H13ClFN5O. The molecule has 4 rings (SSSR count). The third-order valence-electron chi connectivity index (χ3n) is 3.72. The van der Waals surface area contributed by atoms with Crippen molar-refractivity contribution < 1.29 is 9.13 Å². The van der Waals surface area contributed by atoms with Crippen LogP contribution < -0.4 is 10.1 Å². The molecule has 0 bridgehead atoms. The van der Waals surface area contributed by atoms with E-state index < -0.39 is 0 Å². The van der Waals surface area contributed by atoms with Crippen molar-refractivity contribution in [2.45, 2.75) is 6.61 Å². The molecule has 8 heteroatoms. The molecule has 0 aliphatic rings. The molecule has 0 unspecified atom stereocenters. The molecule has 0 aliphatic heterocycles. The van der Waals surface area contributed by atoms with Gasteiger partial charge in [-0.05, 0) is 35.9 Å². The fraction of sp³-hybridized carbons (Fsp3) is 0.0556. The van der Waals surface area contributed by atoms with E-state index in [0.29, 0.717) is 27.6 Å². The molecule has 0 atom stereocenters. The molecule has 2 heterocycles. The Balaban J connectivity index is 1.50. The van der Waals surface area contributed by atoms with E-state index >= 15 is 0 Å². The summed E-state index contributed by atoms with van der Waals surface area (Å²) < 4.78 is 18.9. The highest BCUT2D eigenvalue weighted by Crippen LogP contribution is 2.30. The Morgan fingerprint density at radius 1 is 1.15 bits per heavy atom. The van der Waals surface area contributed by atoms with Gasteiger partial charge in [-0.25, -0.2) is 14.4 Å². The molecule has 2 aromatic carbocycles. The number of anilines is 2. The molecule has 0 fully saturated rings. The lowest BCUT2D eigenvalue weighted by molar-refractivity contribution is 0.306. The van der Waals surface area contributed by atoms with Crippen molar-refractivity contribution in [3.8, 4) is 5.75 Å². The monoisotopic (exact) mass is 369 g/mol. The Hall–Kier alpha value is -3.19. The first-order valence-corrected chi connectivity index (χ1v) is 8.15. The normalized spacial score (nSPS) is 10.8. The van der Waals surface area contributed by atoms with Crippen LogP contribution in [0.1, 0.15) is 5.56 Å². The van der Waals surface area contributed by atoms with Gasteiger partial charge in [-0.3, -0.25) is 5.10 Å². The van der Waals surface area contributed by atoms with Gasteiger partial charge >= 0.3 is 0 Å². The first kappa shape index (κ1) is 16.3. The molecule has 26 heavy (non-hydrogen) atoms. The first-order valence-electron chi connectivity index (χ1n) is 7.77. The molecule has 130 valence electrons. The summed E-state index contributed by atoms with van der Waals surface area (Å²) in [6.07, 6.45) is 3.08. The zero-order valence-electron chi connectivity index (χ0n) is 13.4. The largest absolute Gasteiger partial charge is 0.487 e. The van der Waals surface area contributed by atoms with Crippen LogP contribution in [-0.4, -0.2) is 20.2 Å². The van der Waals surface area contributed by atoms with Crippen LogP contribution in [0.25, 0.3) is 11.0 Å². The minimum atomic E-state index is -0.299. The summed E-state index contributed by atoms with van der Waals surface area (Å²) in [4.78, 5) is 8.32. The summed E-state index contributed by atoms with van der Waals surface area (Å²) in [6, 6.07) is 11.5. The predicted octanol–water partition coefficient (Wildman–Crippen LogP) is 4.47. The molecule has 4 aromatic rings. The van der Waals surface area contributed by atoms with Crippen molar-refractivity contribution in [1.82, 2.24) is 20.2 Å². The standard InChI is InChI=1S/C18H13ClFN5O/c19-14-7-13(24-18-17-15(8-23-25-17)21-10-22-18)4-5-16(14)26-9-11-2-1-3-12(20)6-11/h1-8,10H,9H2,(H,23,25)(H,21,22,24). The Morgan fingerprint density at radius 2 is 2.08 bits per heavy atom. The number of hydrogen-bond donors (Lipinski definition) is 2. The van der Waals surface area contributed by atoms with E-state index in [1.54, 1.807) is 30.5 Å². The number of rotatable bonds is 5. The summed E-state index contributed by atoms with van der Waals surface area (Å²) >= 11 is 6.30. The fourth-order valence-electron chi connectivity index (χ4n) is 2.48. The Morgan fingerprint density at radius 3 is 2.92 bits per heavy atom. The van der Waals surface area contributed by atoms with Crippen molar-refractivity contribution in [3.05, 3.63) is 71.4 Å². The maximum atomic E-state index is 13.2. The number of hydrogen-bond acceptors (Lipinski definition) is 5. The number of nitrogens with one attached hydrogen (secondary N) is 2. The lowest BCUT2D eigenvalue weighted by Crippen LogP contribution is -1.98. The summed E-state index contributed by atoms with van der Waals surface area (Å²) in [7, 11) is 0. The summed E-state index contributed by atoms with van der Waals surface area (Å²) in [5.74, 6) is 0.805. The van der Waals surface area contributed by atoms with Crippen molar-refractivity contribution >= 4 is 34.1 Å². The Kier molecular flexibility index (Phi) is 4.37. The highest BCUT2D eigenvalue weighted by molar-refractivity contribution is 6.32. The van der Waals surface area contributed by atoms with Crippen molar-refractivity contribution in [2.24, 2.45) is 0 Å². The number of fused-ring (bicyclic) bond motifs is 1. The highest BCUT2D eigenvalue weighted by atomic mass is 35.5. The van der Waals surface area contributed by atoms with Crippen LogP contribution in [0.2, 0.25) is 5.02 Å². The second-order valence-corrected chi connectivity index (χ2v) is 5.95. The molecule has 2 N–H and O–H groups in total. The molecule has 6 nitrogen and oxygen atoms in total. The van der Waals surface area contributed by atoms with E-state index in [1.165, 1.54) is 18.5 Å². The average Bonchev–Trinajstić information content (AvgIpc) is 3.11. The van der Waals surface area contributed by atoms with E-state index in [-0.39, 0.29) is 12.4 Å². The van der Waals surface area contributed by atoms with E-state index in [4.69, 9.17) is 16.3 Å². The maximum Gasteiger partial charge on any atom is 0.159 e. The number of aromatic nitrogens is 4. The quantitative estimate of drug-likeness (QED) is 0.543. The van der Waals surface area contributed by atoms with Gasteiger partial charge in [0.05, 0.1) is 11.2 Å². The number of ether oxygens (including phenoxy) is 1. The molecule has 0 spiro atoms.